The van der Waals surface area contributed by atoms with Crippen molar-refractivity contribution in [2.75, 3.05) is 26.2 Å². The van der Waals surface area contributed by atoms with Crippen molar-refractivity contribution >= 4 is 5.96 Å². The van der Waals surface area contributed by atoms with Crippen LogP contribution >= 0.6 is 0 Å². The van der Waals surface area contributed by atoms with Crippen LogP contribution in [0.15, 0.2) is 23.2 Å². The average Bonchev–Trinajstić information content (AvgIpc) is 2.92. The molecule has 0 saturated carbocycles. The second kappa shape index (κ2) is 7.44. The zero-order valence-electron chi connectivity index (χ0n) is 11.9. The molecule has 4 heteroatoms. The number of nitrogens with one attached hydrogen (secondary N) is 2. The van der Waals surface area contributed by atoms with Gasteiger partial charge in [0, 0.05) is 19.5 Å². The summed E-state index contributed by atoms with van der Waals surface area (Å²) < 4.78 is 5.51. The molecule has 106 valence electrons. The van der Waals surface area contributed by atoms with Gasteiger partial charge in [0.05, 0.1) is 13.2 Å². The fourth-order valence-electron chi connectivity index (χ4n) is 2.17. The van der Waals surface area contributed by atoms with Crippen LogP contribution in [0, 0.1) is 12.3 Å². The van der Waals surface area contributed by atoms with Gasteiger partial charge in [-0.1, -0.05) is 18.1 Å². The Morgan fingerprint density at radius 2 is 2.35 bits per heavy atom. The van der Waals surface area contributed by atoms with E-state index in [2.05, 4.69) is 39.7 Å². The quantitative estimate of drug-likeness (QED) is 0.483. The van der Waals surface area contributed by atoms with Gasteiger partial charge in [0.25, 0.3) is 0 Å². The van der Waals surface area contributed by atoms with E-state index in [0.717, 1.165) is 44.2 Å². The Labute approximate surface area is 120 Å². The molecule has 0 aromatic heterocycles. The molecule has 1 aromatic carbocycles. The van der Waals surface area contributed by atoms with Gasteiger partial charge in [-0.3, -0.25) is 4.99 Å². The monoisotopic (exact) mass is 271 g/mol. The van der Waals surface area contributed by atoms with E-state index >= 15 is 0 Å². The van der Waals surface area contributed by atoms with Crippen LogP contribution in [0.25, 0.3) is 0 Å². The van der Waals surface area contributed by atoms with Crippen LogP contribution in [0.4, 0.5) is 0 Å². The summed E-state index contributed by atoms with van der Waals surface area (Å²) in [5.41, 5.74) is 2.61. The number of hydrogen-bond acceptors (Lipinski definition) is 2. The molecule has 0 amide bonds. The van der Waals surface area contributed by atoms with Crippen molar-refractivity contribution in [3.8, 4) is 18.1 Å². The third-order valence-electron chi connectivity index (χ3n) is 3.13. The molecular formula is C16H21N3O. The van der Waals surface area contributed by atoms with Crippen LogP contribution in [0.1, 0.15) is 18.1 Å². The highest BCUT2D eigenvalue weighted by molar-refractivity contribution is 5.79. The lowest BCUT2D eigenvalue weighted by Gasteiger charge is -2.09. The van der Waals surface area contributed by atoms with Crippen LogP contribution in [0.2, 0.25) is 0 Å². The zero-order chi connectivity index (χ0) is 14.2. The first-order valence-electron chi connectivity index (χ1n) is 7.03. The third kappa shape index (κ3) is 3.92. The van der Waals surface area contributed by atoms with E-state index in [1.54, 1.807) is 0 Å². The van der Waals surface area contributed by atoms with Gasteiger partial charge in [-0.15, -0.1) is 6.42 Å². The van der Waals surface area contributed by atoms with E-state index in [1.165, 1.54) is 11.1 Å². The minimum absolute atomic E-state index is 0.488. The van der Waals surface area contributed by atoms with E-state index in [9.17, 15) is 0 Å². The summed E-state index contributed by atoms with van der Waals surface area (Å²) >= 11 is 0. The Morgan fingerprint density at radius 1 is 1.45 bits per heavy atom. The Balaban J connectivity index is 1.88. The van der Waals surface area contributed by atoms with E-state index in [4.69, 9.17) is 11.2 Å². The smallest absolute Gasteiger partial charge is 0.192 e. The fraction of sp³-hybridized carbons (Fsp3) is 0.438. The molecule has 2 N–H and O–H groups in total. The molecule has 0 atom stereocenters. The van der Waals surface area contributed by atoms with Crippen molar-refractivity contribution in [2.24, 2.45) is 4.99 Å². The van der Waals surface area contributed by atoms with Crippen molar-refractivity contribution in [3.05, 3.63) is 29.3 Å². The first-order chi connectivity index (χ1) is 9.83. The maximum absolute atomic E-state index is 5.51. The van der Waals surface area contributed by atoms with Crippen molar-refractivity contribution in [3.63, 3.8) is 0 Å². The highest BCUT2D eigenvalue weighted by Crippen LogP contribution is 2.25. The lowest BCUT2D eigenvalue weighted by Crippen LogP contribution is -2.37. The van der Waals surface area contributed by atoms with E-state index in [1.807, 2.05) is 6.92 Å². The highest BCUT2D eigenvalue weighted by Gasteiger charge is 2.11. The first kappa shape index (κ1) is 14.3. The van der Waals surface area contributed by atoms with Crippen molar-refractivity contribution in [2.45, 2.75) is 19.8 Å². The lowest BCUT2D eigenvalue weighted by atomic mass is 10.1. The normalized spacial score (nSPS) is 13.3. The largest absolute Gasteiger partial charge is 0.493 e. The van der Waals surface area contributed by atoms with Gasteiger partial charge >= 0.3 is 0 Å². The molecule has 0 aliphatic carbocycles. The Morgan fingerprint density at radius 3 is 3.15 bits per heavy atom. The van der Waals surface area contributed by atoms with E-state index < -0.39 is 0 Å². The maximum Gasteiger partial charge on any atom is 0.192 e. The van der Waals surface area contributed by atoms with Gasteiger partial charge in [0.15, 0.2) is 5.96 Å². The van der Waals surface area contributed by atoms with Gasteiger partial charge in [-0.05, 0) is 30.5 Å². The highest BCUT2D eigenvalue weighted by atomic mass is 16.5. The number of terminal acetylenes is 1. The summed E-state index contributed by atoms with van der Waals surface area (Å²) in [6.45, 7) is 4.89. The van der Waals surface area contributed by atoms with Gasteiger partial charge in [-0.2, -0.15) is 0 Å². The number of benzene rings is 1. The predicted molar refractivity (Wildman–Crippen MR) is 82.2 cm³/mol. The molecule has 0 bridgehead atoms. The summed E-state index contributed by atoms with van der Waals surface area (Å²) in [7, 11) is 0. The lowest BCUT2D eigenvalue weighted by molar-refractivity contribution is 0.357. The van der Waals surface area contributed by atoms with Crippen LogP contribution in [0.5, 0.6) is 5.75 Å². The van der Waals surface area contributed by atoms with Crippen molar-refractivity contribution in [1.29, 1.82) is 0 Å². The fourth-order valence-corrected chi connectivity index (χ4v) is 2.17. The molecule has 1 aromatic rings. The Hall–Kier alpha value is -2.15. The third-order valence-corrected chi connectivity index (χ3v) is 3.13. The number of rotatable bonds is 5. The van der Waals surface area contributed by atoms with Gasteiger partial charge in [-0.25, -0.2) is 0 Å². The molecule has 1 aliphatic heterocycles. The number of ether oxygens (including phenoxy) is 1. The SMILES string of the molecule is C#CCNC(=NCCc1ccc2c(c1)CCO2)NCC. The molecule has 20 heavy (non-hydrogen) atoms. The molecule has 0 radical (unpaired) electrons. The van der Waals surface area contributed by atoms with E-state index in [-0.39, 0.29) is 0 Å². The molecule has 1 heterocycles. The van der Waals surface area contributed by atoms with E-state index in [0.29, 0.717) is 6.54 Å². The summed E-state index contributed by atoms with van der Waals surface area (Å²) in [4.78, 5) is 4.51. The number of aliphatic imine (C=N–C) groups is 1. The van der Waals surface area contributed by atoms with Gasteiger partial charge < -0.3 is 15.4 Å². The second-order valence-corrected chi connectivity index (χ2v) is 4.61. The minimum atomic E-state index is 0.488. The number of guanidine groups is 1. The standard InChI is InChI=1S/C16H21N3O/c1-3-9-18-16(17-4-2)19-10-7-13-5-6-15-14(12-13)8-11-20-15/h1,5-6,12H,4,7-11H2,2H3,(H2,17,18,19). The summed E-state index contributed by atoms with van der Waals surface area (Å²) in [6.07, 6.45) is 7.17. The average molecular weight is 271 g/mol. The molecule has 0 unspecified atom stereocenters. The van der Waals surface area contributed by atoms with Crippen LogP contribution < -0.4 is 15.4 Å². The molecule has 4 nitrogen and oxygen atoms in total. The summed E-state index contributed by atoms with van der Waals surface area (Å²) in [5.74, 6) is 4.35. The number of fused-ring (bicyclic) bond motifs is 1. The Kier molecular flexibility index (Phi) is 5.31. The number of nitrogens with zero attached hydrogens (tertiary/aromatic N) is 1. The summed E-state index contributed by atoms with van der Waals surface area (Å²) in [5, 5.41) is 6.25. The van der Waals surface area contributed by atoms with Crippen LogP contribution in [-0.2, 0) is 12.8 Å². The first-order valence-corrected chi connectivity index (χ1v) is 7.03. The van der Waals surface area contributed by atoms with Gasteiger partial charge in [0.2, 0.25) is 0 Å². The minimum Gasteiger partial charge on any atom is -0.493 e. The van der Waals surface area contributed by atoms with Crippen LogP contribution in [0.3, 0.4) is 0 Å². The molecule has 0 spiro atoms. The predicted octanol–water partition coefficient (Wildman–Crippen LogP) is 1.35. The molecule has 0 saturated heterocycles. The Bertz CT molecular complexity index is 517. The second-order valence-electron chi connectivity index (χ2n) is 4.61. The van der Waals surface area contributed by atoms with Gasteiger partial charge in [0.1, 0.15) is 5.75 Å². The summed E-state index contributed by atoms with van der Waals surface area (Å²) in [6, 6.07) is 6.39. The van der Waals surface area contributed by atoms with Crippen molar-refractivity contribution < 1.29 is 4.74 Å². The molecule has 0 fully saturated rings. The maximum atomic E-state index is 5.51. The van der Waals surface area contributed by atoms with Crippen LogP contribution in [-0.4, -0.2) is 32.2 Å². The van der Waals surface area contributed by atoms with Crippen molar-refractivity contribution in [1.82, 2.24) is 10.6 Å². The molecule has 2 rings (SSSR count). The topological polar surface area (TPSA) is 45.7 Å². The molecule has 1 aliphatic rings. The molecular weight excluding hydrogens is 250 g/mol. The zero-order valence-corrected chi connectivity index (χ0v) is 11.9. The number of hydrogen-bond donors (Lipinski definition) is 2.